The monoisotopic (exact) mass is 254 g/mol. The van der Waals surface area contributed by atoms with Crippen LogP contribution in [0.25, 0.3) is 0 Å². The van der Waals surface area contributed by atoms with Crippen molar-refractivity contribution in [3.63, 3.8) is 0 Å². The van der Waals surface area contributed by atoms with Gasteiger partial charge in [0.1, 0.15) is 0 Å². The van der Waals surface area contributed by atoms with Crippen LogP contribution in [0.3, 0.4) is 0 Å². The summed E-state index contributed by atoms with van der Waals surface area (Å²) < 4.78 is 0. The summed E-state index contributed by atoms with van der Waals surface area (Å²) in [6.07, 6.45) is 2.01. The van der Waals surface area contributed by atoms with Crippen LogP contribution >= 0.6 is 11.6 Å². The van der Waals surface area contributed by atoms with Crippen LogP contribution in [0, 0.1) is 0 Å². The number of carboxylic acids is 1. The summed E-state index contributed by atoms with van der Waals surface area (Å²) >= 11 is 5.74. The molecule has 1 amide bonds. The molecule has 0 spiro atoms. The highest BCUT2D eigenvalue weighted by atomic mass is 35.5. The molecular weight excluding hydrogens is 242 g/mol. The van der Waals surface area contributed by atoms with Crippen molar-refractivity contribution in [2.45, 2.75) is 26.2 Å². The van der Waals surface area contributed by atoms with E-state index in [1.807, 2.05) is 6.92 Å². The molecule has 0 bridgehead atoms. The number of aromatic carboxylic acids is 1. The second kappa shape index (κ2) is 6.25. The number of amides is 1. The molecule has 1 aromatic rings. The molecule has 92 valence electrons. The van der Waals surface area contributed by atoms with E-state index in [0.717, 1.165) is 12.8 Å². The van der Waals surface area contributed by atoms with Crippen molar-refractivity contribution in [2.75, 3.05) is 5.32 Å². The second-order valence-electron chi connectivity index (χ2n) is 3.63. The van der Waals surface area contributed by atoms with Gasteiger partial charge in [-0.2, -0.15) is 0 Å². The van der Waals surface area contributed by atoms with Crippen molar-refractivity contribution in [1.29, 1.82) is 0 Å². The molecule has 1 aromatic carbocycles. The Bertz CT molecular complexity index is 432. The Morgan fingerprint density at radius 1 is 1.41 bits per heavy atom. The molecule has 0 atom stereocenters. The maximum atomic E-state index is 11.5. The standard InChI is InChI=1S/C12H14ClNO3/c1-2-3-4-11(15)14-10-7-8(13)5-6-9(10)12(16)17/h5-7H,2-4H2,1H3,(H,14,15)(H,16,17)/p-1. The van der Waals surface area contributed by atoms with E-state index in [1.165, 1.54) is 18.2 Å². The first-order chi connectivity index (χ1) is 8.04. The number of carboxylic acid groups (broad SMARTS) is 1. The molecular formula is C12H13ClNO3-. The van der Waals surface area contributed by atoms with Crippen LogP contribution in [0.4, 0.5) is 5.69 Å². The van der Waals surface area contributed by atoms with Gasteiger partial charge in [-0.05, 0) is 24.6 Å². The molecule has 1 N–H and O–H groups in total. The first-order valence-corrected chi connectivity index (χ1v) is 5.73. The Hall–Kier alpha value is -1.55. The zero-order chi connectivity index (χ0) is 12.8. The van der Waals surface area contributed by atoms with Gasteiger partial charge in [0, 0.05) is 17.0 Å². The van der Waals surface area contributed by atoms with E-state index in [0.29, 0.717) is 11.4 Å². The molecule has 0 aromatic heterocycles. The minimum atomic E-state index is -1.34. The molecule has 0 heterocycles. The van der Waals surface area contributed by atoms with Crippen molar-refractivity contribution in [3.8, 4) is 0 Å². The van der Waals surface area contributed by atoms with Gasteiger partial charge >= 0.3 is 0 Å². The quantitative estimate of drug-likeness (QED) is 0.872. The number of carbonyl (C=O) groups excluding carboxylic acids is 2. The number of anilines is 1. The number of unbranched alkanes of at least 4 members (excludes halogenated alkanes) is 1. The number of carbonyl (C=O) groups is 2. The molecule has 0 aliphatic rings. The lowest BCUT2D eigenvalue weighted by molar-refractivity contribution is -0.254. The minimum absolute atomic E-state index is 0.0701. The Morgan fingerprint density at radius 2 is 2.12 bits per heavy atom. The Balaban J connectivity index is 2.85. The average Bonchev–Trinajstić information content (AvgIpc) is 2.26. The molecule has 0 saturated carbocycles. The van der Waals surface area contributed by atoms with Gasteiger partial charge in [-0.25, -0.2) is 0 Å². The number of hydrogen-bond donors (Lipinski definition) is 1. The van der Waals surface area contributed by atoms with Crippen LogP contribution in [-0.2, 0) is 4.79 Å². The van der Waals surface area contributed by atoms with Crippen LogP contribution in [-0.4, -0.2) is 11.9 Å². The summed E-state index contributed by atoms with van der Waals surface area (Å²) in [5, 5.41) is 13.7. The zero-order valence-corrected chi connectivity index (χ0v) is 10.2. The number of rotatable bonds is 5. The Morgan fingerprint density at radius 3 is 2.71 bits per heavy atom. The first-order valence-electron chi connectivity index (χ1n) is 5.35. The second-order valence-corrected chi connectivity index (χ2v) is 4.07. The predicted octanol–water partition coefficient (Wildman–Crippen LogP) is 1.83. The van der Waals surface area contributed by atoms with Crippen LogP contribution in [0.2, 0.25) is 5.02 Å². The summed E-state index contributed by atoms with van der Waals surface area (Å²) in [6, 6.07) is 4.15. The third kappa shape index (κ3) is 4.07. The van der Waals surface area contributed by atoms with E-state index < -0.39 is 5.97 Å². The summed E-state index contributed by atoms with van der Waals surface area (Å²) in [4.78, 5) is 22.3. The van der Waals surface area contributed by atoms with Crippen LogP contribution in [0.5, 0.6) is 0 Å². The van der Waals surface area contributed by atoms with Crippen LogP contribution in [0.15, 0.2) is 18.2 Å². The summed E-state index contributed by atoms with van der Waals surface area (Å²) in [5.74, 6) is -1.57. The molecule has 0 aliphatic carbocycles. The number of benzene rings is 1. The molecule has 4 nitrogen and oxygen atoms in total. The Kier molecular flexibility index (Phi) is 4.97. The lowest BCUT2D eigenvalue weighted by Gasteiger charge is -2.12. The third-order valence-corrected chi connectivity index (χ3v) is 2.47. The number of nitrogens with one attached hydrogen (secondary N) is 1. The fourth-order valence-electron chi connectivity index (χ4n) is 1.35. The van der Waals surface area contributed by atoms with Gasteiger partial charge in [-0.3, -0.25) is 4.79 Å². The minimum Gasteiger partial charge on any atom is -0.545 e. The normalized spacial score (nSPS) is 10.0. The topological polar surface area (TPSA) is 69.2 Å². The first kappa shape index (κ1) is 13.5. The van der Waals surface area contributed by atoms with Gasteiger partial charge in [0.05, 0.1) is 11.7 Å². The maximum absolute atomic E-state index is 11.5. The van der Waals surface area contributed by atoms with Crippen molar-refractivity contribution in [1.82, 2.24) is 0 Å². The van der Waals surface area contributed by atoms with E-state index in [2.05, 4.69) is 5.32 Å². The van der Waals surface area contributed by atoms with E-state index in [4.69, 9.17) is 11.6 Å². The summed E-state index contributed by atoms with van der Waals surface area (Å²) in [7, 11) is 0. The van der Waals surface area contributed by atoms with Gasteiger partial charge in [0.15, 0.2) is 0 Å². The van der Waals surface area contributed by atoms with Crippen LogP contribution < -0.4 is 10.4 Å². The predicted molar refractivity (Wildman–Crippen MR) is 63.9 cm³/mol. The molecule has 0 unspecified atom stereocenters. The zero-order valence-electron chi connectivity index (χ0n) is 9.46. The fraction of sp³-hybridized carbons (Fsp3) is 0.333. The van der Waals surface area contributed by atoms with Gasteiger partial charge < -0.3 is 15.2 Å². The highest BCUT2D eigenvalue weighted by Crippen LogP contribution is 2.21. The van der Waals surface area contributed by atoms with E-state index >= 15 is 0 Å². The molecule has 0 saturated heterocycles. The lowest BCUT2D eigenvalue weighted by Crippen LogP contribution is -2.24. The highest BCUT2D eigenvalue weighted by molar-refractivity contribution is 6.31. The number of hydrogen-bond acceptors (Lipinski definition) is 3. The van der Waals surface area contributed by atoms with E-state index in [-0.39, 0.29) is 17.2 Å². The van der Waals surface area contributed by atoms with Gasteiger partial charge in [0.25, 0.3) is 0 Å². The average molecular weight is 255 g/mol. The third-order valence-electron chi connectivity index (χ3n) is 2.23. The molecule has 0 fully saturated rings. The molecule has 0 radical (unpaired) electrons. The Labute approximate surface area is 105 Å². The largest absolute Gasteiger partial charge is 0.545 e. The van der Waals surface area contributed by atoms with E-state index in [9.17, 15) is 14.7 Å². The van der Waals surface area contributed by atoms with Crippen molar-refractivity contribution < 1.29 is 14.7 Å². The summed E-state index contributed by atoms with van der Waals surface area (Å²) in [6.45, 7) is 1.97. The van der Waals surface area contributed by atoms with Gasteiger partial charge in [0.2, 0.25) is 5.91 Å². The maximum Gasteiger partial charge on any atom is 0.224 e. The molecule has 1 rings (SSSR count). The highest BCUT2D eigenvalue weighted by Gasteiger charge is 2.08. The van der Waals surface area contributed by atoms with Crippen LogP contribution in [0.1, 0.15) is 36.5 Å². The summed E-state index contributed by atoms with van der Waals surface area (Å²) in [5.41, 5.74) is 0.109. The van der Waals surface area contributed by atoms with Crippen molar-refractivity contribution >= 4 is 29.2 Å². The smallest absolute Gasteiger partial charge is 0.224 e. The van der Waals surface area contributed by atoms with Crippen molar-refractivity contribution in [2.24, 2.45) is 0 Å². The fourth-order valence-corrected chi connectivity index (χ4v) is 1.52. The molecule has 0 aliphatic heterocycles. The molecule has 17 heavy (non-hydrogen) atoms. The van der Waals surface area contributed by atoms with Crippen molar-refractivity contribution in [3.05, 3.63) is 28.8 Å². The lowest BCUT2D eigenvalue weighted by atomic mass is 10.1. The van der Waals surface area contributed by atoms with Gasteiger partial charge in [-0.1, -0.05) is 24.9 Å². The molecule has 5 heteroatoms. The van der Waals surface area contributed by atoms with E-state index in [1.54, 1.807) is 0 Å². The number of halogens is 1. The van der Waals surface area contributed by atoms with Gasteiger partial charge in [-0.15, -0.1) is 0 Å². The SMILES string of the molecule is CCCCC(=O)Nc1cc(Cl)ccc1C(=O)[O-].